The van der Waals surface area contributed by atoms with E-state index in [1.807, 2.05) is 42.5 Å². The number of rotatable bonds is 3. The Balaban J connectivity index is 1.59. The summed E-state index contributed by atoms with van der Waals surface area (Å²) in [5, 5.41) is 14.4. The molecule has 29 heavy (non-hydrogen) atoms. The Morgan fingerprint density at radius 2 is 1.83 bits per heavy atom. The van der Waals surface area contributed by atoms with Crippen LogP contribution in [-0.2, 0) is 13.0 Å². The molecule has 2 aliphatic rings. The van der Waals surface area contributed by atoms with Gasteiger partial charge in [-0.15, -0.1) is 0 Å². The van der Waals surface area contributed by atoms with Crippen LogP contribution in [0, 0.1) is 10.1 Å². The number of hydrogen-bond donors (Lipinski definition) is 1. The van der Waals surface area contributed by atoms with Gasteiger partial charge >= 0.3 is 0 Å². The van der Waals surface area contributed by atoms with E-state index in [0.29, 0.717) is 18.5 Å². The zero-order valence-electron chi connectivity index (χ0n) is 15.6. The van der Waals surface area contributed by atoms with Crippen LogP contribution in [-0.4, -0.2) is 17.0 Å². The number of non-ortho nitro benzene ring substituents is 1. The van der Waals surface area contributed by atoms with Crippen LogP contribution in [0.2, 0.25) is 0 Å². The Morgan fingerprint density at radius 1 is 1.03 bits per heavy atom. The lowest BCUT2D eigenvalue weighted by Gasteiger charge is -2.47. The van der Waals surface area contributed by atoms with Gasteiger partial charge in [-0.1, -0.05) is 48.5 Å². The molecule has 0 aromatic heterocycles. The van der Waals surface area contributed by atoms with Crippen molar-refractivity contribution in [3.8, 4) is 0 Å². The van der Waals surface area contributed by atoms with Gasteiger partial charge in [-0.2, -0.15) is 0 Å². The molecule has 1 N–H and O–H groups in total. The molecule has 0 fully saturated rings. The van der Waals surface area contributed by atoms with Crippen molar-refractivity contribution < 1.29 is 9.72 Å². The number of fused-ring (bicyclic) bond motifs is 4. The summed E-state index contributed by atoms with van der Waals surface area (Å²) in [5.74, 6) is -0.0930. The van der Waals surface area contributed by atoms with E-state index in [9.17, 15) is 14.9 Å². The number of benzene rings is 3. The fraction of sp³-hybridized carbons (Fsp3) is 0.174. The largest absolute Gasteiger partial charge is 0.346 e. The minimum Gasteiger partial charge on any atom is -0.346 e. The SMILES string of the molecule is O=C1N[C@H]2[C@H](Cc3cccc([N+](=O)[O-])c3)c3ccccc3CN2c2ccccc21. The number of para-hydroxylation sites is 1. The van der Waals surface area contributed by atoms with E-state index in [1.54, 1.807) is 12.1 Å². The van der Waals surface area contributed by atoms with Gasteiger partial charge in [-0.3, -0.25) is 14.9 Å². The molecule has 2 atom stereocenters. The topological polar surface area (TPSA) is 75.5 Å². The molecular formula is C23H19N3O3. The van der Waals surface area contributed by atoms with E-state index >= 15 is 0 Å². The highest BCUT2D eigenvalue weighted by molar-refractivity contribution is 6.02. The summed E-state index contributed by atoms with van der Waals surface area (Å²) in [5.41, 5.74) is 4.97. The van der Waals surface area contributed by atoms with Crippen molar-refractivity contribution in [1.82, 2.24) is 5.32 Å². The number of carbonyl (C=O) groups is 1. The molecule has 2 aliphatic heterocycles. The maximum Gasteiger partial charge on any atom is 0.269 e. The molecule has 6 nitrogen and oxygen atoms in total. The van der Waals surface area contributed by atoms with Crippen molar-refractivity contribution in [2.75, 3.05) is 4.90 Å². The average Bonchev–Trinajstić information content (AvgIpc) is 2.75. The third-order valence-corrected chi connectivity index (χ3v) is 5.83. The molecule has 0 aliphatic carbocycles. The van der Waals surface area contributed by atoms with E-state index in [0.717, 1.165) is 11.3 Å². The zero-order chi connectivity index (χ0) is 20.0. The Labute approximate surface area is 167 Å². The van der Waals surface area contributed by atoms with Gasteiger partial charge in [0.15, 0.2) is 0 Å². The quantitative estimate of drug-likeness (QED) is 0.546. The molecule has 1 amide bonds. The van der Waals surface area contributed by atoms with Gasteiger partial charge in [0.1, 0.15) is 6.17 Å². The molecule has 0 bridgehead atoms. The molecule has 0 radical (unpaired) electrons. The number of hydrogen-bond acceptors (Lipinski definition) is 4. The van der Waals surface area contributed by atoms with Crippen LogP contribution in [0.25, 0.3) is 0 Å². The molecule has 144 valence electrons. The van der Waals surface area contributed by atoms with Crippen LogP contribution in [0.3, 0.4) is 0 Å². The van der Waals surface area contributed by atoms with E-state index in [2.05, 4.69) is 22.3 Å². The average molecular weight is 385 g/mol. The van der Waals surface area contributed by atoms with Gasteiger partial charge < -0.3 is 10.2 Å². The highest BCUT2D eigenvalue weighted by Gasteiger charge is 2.40. The lowest BCUT2D eigenvalue weighted by Crippen LogP contribution is -2.57. The first-order chi connectivity index (χ1) is 14.1. The molecule has 0 spiro atoms. The van der Waals surface area contributed by atoms with Crippen molar-refractivity contribution in [2.24, 2.45) is 0 Å². The Kier molecular flexibility index (Phi) is 4.05. The lowest BCUT2D eigenvalue weighted by molar-refractivity contribution is -0.384. The molecule has 5 rings (SSSR count). The molecule has 0 unspecified atom stereocenters. The number of nitrogens with zero attached hydrogens (tertiary/aromatic N) is 2. The number of nitrogens with one attached hydrogen (secondary N) is 1. The predicted octanol–water partition coefficient (Wildman–Crippen LogP) is 4.01. The second-order valence-corrected chi connectivity index (χ2v) is 7.50. The first-order valence-electron chi connectivity index (χ1n) is 9.59. The summed E-state index contributed by atoms with van der Waals surface area (Å²) >= 11 is 0. The highest BCUT2D eigenvalue weighted by Crippen LogP contribution is 2.40. The number of amides is 1. The van der Waals surface area contributed by atoms with Crippen molar-refractivity contribution in [1.29, 1.82) is 0 Å². The molecule has 0 saturated heterocycles. The molecule has 0 saturated carbocycles. The third kappa shape index (κ3) is 2.93. The first kappa shape index (κ1) is 17.4. The van der Waals surface area contributed by atoms with E-state index < -0.39 is 0 Å². The van der Waals surface area contributed by atoms with Gasteiger partial charge in [0.05, 0.1) is 16.2 Å². The fourth-order valence-electron chi connectivity index (χ4n) is 4.52. The van der Waals surface area contributed by atoms with Gasteiger partial charge in [0.25, 0.3) is 11.6 Å². The summed E-state index contributed by atoms with van der Waals surface area (Å²) in [7, 11) is 0. The predicted molar refractivity (Wildman–Crippen MR) is 110 cm³/mol. The smallest absolute Gasteiger partial charge is 0.269 e. The number of carbonyl (C=O) groups excluding carboxylic acids is 1. The molecule has 2 heterocycles. The van der Waals surface area contributed by atoms with E-state index in [4.69, 9.17) is 0 Å². The number of nitro benzene ring substituents is 1. The Bertz CT molecular complexity index is 1130. The lowest BCUT2D eigenvalue weighted by atomic mass is 9.81. The minimum atomic E-state index is -0.372. The standard InChI is InChI=1S/C23H19N3O3/c27-23-19-10-3-4-11-21(19)25-14-16-7-1-2-9-18(16)20(22(25)24-23)13-15-6-5-8-17(12-15)26(28)29/h1-12,20,22H,13-14H2,(H,24,27)/t20-,22-/m1/s1. The third-order valence-electron chi connectivity index (χ3n) is 5.83. The van der Waals surface area contributed by atoms with Crippen molar-refractivity contribution in [3.05, 3.63) is 105 Å². The van der Waals surface area contributed by atoms with Crippen LogP contribution < -0.4 is 10.2 Å². The maximum atomic E-state index is 12.8. The molecular weight excluding hydrogens is 366 g/mol. The van der Waals surface area contributed by atoms with Crippen LogP contribution in [0.15, 0.2) is 72.8 Å². The summed E-state index contributed by atoms with van der Waals surface area (Å²) in [4.78, 5) is 25.8. The summed E-state index contributed by atoms with van der Waals surface area (Å²) in [6.07, 6.45) is 0.397. The van der Waals surface area contributed by atoms with Gasteiger partial charge in [-0.25, -0.2) is 0 Å². The van der Waals surface area contributed by atoms with E-state index in [1.165, 1.54) is 17.2 Å². The molecule has 3 aromatic carbocycles. The fourth-order valence-corrected chi connectivity index (χ4v) is 4.52. The second kappa shape index (κ2) is 6.74. The van der Waals surface area contributed by atoms with Crippen LogP contribution in [0.5, 0.6) is 0 Å². The normalized spacial score (nSPS) is 19.6. The van der Waals surface area contributed by atoms with Crippen molar-refractivity contribution >= 4 is 17.3 Å². The van der Waals surface area contributed by atoms with Crippen LogP contribution in [0.1, 0.15) is 33.0 Å². The number of anilines is 1. The van der Waals surface area contributed by atoms with Crippen LogP contribution >= 0.6 is 0 Å². The summed E-state index contributed by atoms with van der Waals surface area (Å²) < 4.78 is 0. The van der Waals surface area contributed by atoms with Crippen molar-refractivity contribution in [3.63, 3.8) is 0 Å². The van der Waals surface area contributed by atoms with Gasteiger partial charge in [0.2, 0.25) is 0 Å². The molecule has 3 aromatic rings. The Morgan fingerprint density at radius 3 is 2.69 bits per heavy atom. The maximum absolute atomic E-state index is 12.8. The first-order valence-corrected chi connectivity index (χ1v) is 9.59. The highest BCUT2D eigenvalue weighted by atomic mass is 16.6. The van der Waals surface area contributed by atoms with Gasteiger partial charge in [-0.05, 0) is 35.2 Å². The van der Waals surface area contributed by atoms with E-state index in [-0.39, 0.29) is 28.6 Å². The van der Waals surface area contributed by atoms with Crippen molar-refractivity contribution in [2.45, 2.75) is 25.0 Å². The van der Waals surface area contributed by atoms with Crippen LogP contribution in [0.4, 0.5) is 11.4 Å². The second-order valence-electron chi connectivity index (χ2n) is 7.50. The summed E-state index contributed by atoms with van der Waals surface area (Å²) in [6, 6.07) is 22.7. The zero-order valence-corrected chi connectivity index (χ0v) is 15.6. The molecule has 6 heteroatoms. The Hall–Kier alpha value is -3.67. The monoisotopic (exact) mass is 385 g/mol. The number of nitro groups is 1. The summed E-state index contributed by atoms with van der Waals surface area (Å²) in [6.45, 7) is 0.712. The minimum absolute atomic E-state index is 0.0146. The van der Waals surface area contributed by atoms with Gasteiger partial charge in [0, 0.05) is 24.6 Å².